The Balaban J connectivity index is 2.47. The number of urea groups is 1. The molecule has 0 bridgehead atoms. The number of hydrogen-bond acceptors (Lipinski definition) is 3. The summed E-state index contributed by atoms with van der Waals surface area (Å²) in [7, 11) is 0. The van der Waals surface area contributed by atoms with Gasteiger partial charge in [-0.15, -0.1) is 0 Å². The van der Waals surface area contributed by atoms with Crippen LogP contribution in [0.15, 0.2) is 18.3 Å². The Hall–Kier alpha value is -1.62. The fraction of sp³-hybridized carbons (Fsp3) is 0.333. The van der Waals surface area contributed by atoms with Crippen molar-refractivity contribution in [3.05, 3.63) is 23.9 Å². The Morgan fingerprint density at radius 3 is 3.07 bits per heavy atom. The molecular weight excluding hydrogens is 182 g/mol. The predicted molar refractivity (Wildman–Crippen MR) is 53.1 cm³/mol. The summed E-state index contributed by atoms with van der Waals surface area (Å²) >= 11 is 0. The zero-order valence-electron chi connectivity index (χ0n) is 7.95. The Morgan fingerprint density at radius 2 is 2.43 bits per heavy atom. The molecule has 0 saturated carbocycles. The highest BCUT2D eigenvalue weighted by Crippen LogP contribution is 2.04. The van der Waals surface area contributed by atoms with E-state index >= 15 is 0 Å². The summed E-state index contributed by atoms with van der Waals surface area (Å²) in [6.07, 6.45) is 1.62. The number of anilines is 1. The molecule has 5 nitrogen and oxygen atoms in total. The number of nitrogens with zero attached hydrogens (tertiary/aromatic N) is 1. The summed E-state index contributed by atoms with van der Waals surface area (Å²) in [5, 5.41) is 13.5. The van der Waals surface area contributed by atoms with Gasteiger partial charge in [0.05, 0.1) is 6.61 Å². The van der Waals surface area contributed by atoms with Gasteiger partial charge in [0, 0.05) is 12.7 Å². The van der Waals surface area contributed by atoms with Crippen LogP contribution in [0.4, 0.5) is 10.6 Å². The number of aliphatic hydroxyl groups is 1. The van der Waals surface area contributed by atoms with Gasteiger partial charge in [-0.05, 0) is 24.6 Å². The smallest absolute Gasteiger partial charge is 0.320 e. The number of aromatic nitrogens is 1. The van der Waals surface area contributed by atoms with E-state index in [0.717, 1.165) is 5.56 Å². The van der Waals surface area contributed by atoms with E-state index in [1.807, 2.05) is 13.0 Å². The van der Waals surface area contributed by atoms with Crippen molar-refractivity contribution in [3.63, 3.8) is 0 Å². The van der Waals surface area contributed by atoms with E-state index in [0.29, 0.717) is 5.82 Å². The van der Waals surface area contributed by atoms with Crippen molar-refractivity contribution in [2.75, 3.05) is 18.5 Å². The molecule has 14 heavy (non-hydrogen) atoms. The first-order chi connectivity index (χ1) is 6.72. The summed E-state index contributed by atoms with van der Waals surface area (Å²) in [4.78, 5) is 15.1. The van der Waals surface area contributed by atoms with Crippen molar-refractivity contribution in [2.24, 2.45) is 0 Å². The lowest BCUT2D eigenvalue weighted by Crippen LogP contribution is -2.31. The average molecular weight is 195 g/mol. The normalized spacial score (nSPS) is 9.57. The lowest BCUT2D eigenvalue weighted by molar-refractivity contribution is 0.244. The summed E-state index contributed by atoms with van der Waals surface area (Å²) in [6, 6.07) is 3.24. The van der Waals surface area contributed by atoms with Crippen molar-refractivity contribution in [3.8, 4) is 0 Å². The minimum atomic E-state index is -0.364. The molecule has 0 fully saturated rings. The first kappa shape index (κ1) is 10.5. The van der Waals surface area contributed by atoms with E-state index < -0.39 is 0 Å². The van der Waals surface area contributed by atoms with Crippen molar-refractivity contribution in [2.45, 2.75) is 6.92 Å². The second-order valence-electron chi connectivity index (χ2n) is 2.82. The van der Waals surface area contributed by atoms with Crippen LogP contribution in [0.5, 0.6) is 0 Å². The molecule has 0 unspecified atom stereocenters. The number of aryl methyl sites for hydroxylation is 1. The van der Waals surface area contributed by atoms with Gasteiger partial charge < -0.3 is 10.4 Å². The van der Waals surface area contributed by atoms with Gasteiger partial charge in [-0.3, -0.25) is 5.32 Å². The molecule has 1 aromatic rings. The monoisotopic (exact) mass is 195 g/mol. The topological polar surface area (TPSA) is 74.2 Å². The van der Waals surface area contributed by atoms with E-state index in [9.17, 15) is 4.79 Å². The number of amides is 2. The quantitative estimate of drug-likeness (QED) is 0.657. The highest BCUT2D eigenvalue weighted by molar-refractivity contribution is 5.88. The van der Waals surface area contributed by atoms with Gasteiger partial charge in [-0.1, -0.05) is 0 Å². The third kappa shape index (κ3) is 3.40. The van der Waals surface area contributed by atoms with Gasteiger partial charge in [0.25, 0.3) is 0 Å². The molecule has 3 N–H and O–H groups in total. The first-order valence-corrected chi connectivity index (χ1v) is 4.31. The Labute approximate surface area is 82.2 Å². The molecule has 0 aliphatic rings. The summed E-state index contributed by atoms with van der Waals surface area (Å²) in [5.41, 5.74) is 1.03. The molecule has 0 atom stereocenters. The van der Waals surface area contributed by atoms with Crippen LogP contribution in [0, 0.1) is 6.92 Å². The second kappa shape index (κ2) is 5.18. The van der Waals surface area contributed by atoms with E-state index in [-0.39, 0.29) is 19.2 Å². The molecule has 1 heterocycles. The van der Waals surface area contributed by atoms with Gasteiger partial charge in [-0.25, -0.2) is 9.78 Å². The van der Waals surface area contributed by atoms with Crippen LogP contribution < -0.4 is 10.6 Å². The van der Waals surface area contributed by atoms with Crippen molar-refractivity contribution < 1.29 is 9.90 Å². The molecule has 2 amide bonds. The minimum Gasteiger partial charge on any atom is -0.395 e. The number of rotatable bonds is 3. The van der Waals surface area contributed by atoms with Crippen molar-refractivity contribution >= 4 is 11.8 Å². The fourth-order valence-corrected chi connectivity index (χ4v) is 0.934. The van der Waals surface area contributed by atoms with Crippen LogP contribution in [-0.4, -0.2) is 29.3 Å². The number of carbonyl (C=O) groups is 1. The fourth-order valence-electron chi connectivity index (χ4n) is 0.934. The van der Waals surface area contributed by atoms with E-state index in [1.54, 1.807) is 12.3 Å². The standard InChI is InChI=1S/C9H13N3O2/c1-7-2-3-10-8(6-7)12-9(14)11-4-5-13/h2-3,6,13H,4-5H2,1H3,(H2,10,11,12,14). The Kier molecular flexibility index (Phi) is 3.87. The number of aliphatic hydroxyl groups excluding tert-OH is 1. The molecule has 5 heteroatoms. The summed E-state index contributed by atoms with van der Waals surface area (Å²) in [6.45, 7) is 2.07. The van der Waals surface area contributed by atoms with Crippen LogP contribution in [0.25, 0.3) is 0 Å². The third-order valence-electron chi connectivity index (χ3n) is 1.55. The molecule has 0 saturated heterocycles. The van der Waals surface area contributed by atoms with Crippen LogP contribution in [0.2, 0.25) is 0 Å². The van der Waals surface area contributed by atoms with Gasteiger partial charge in [0.1, 0.15) is 5.82 Å². The molecule has 0 spiro atoms. The number of nitrogens with one attached hydrogen (secondary N) is 2. The molecular formula is C9H13N3O2. The van der Waals surface area contributed by atoms with Gasteiger partial charge in [-0.2, -0.15) is 0 Å². The van der Waals surface area contributed by atoms with Crippen molar-refractivity contribution in [1.29, 1.82) is 0 Å². The average Bonchev–Trinajstić information content (AvgIpc) is 2.15. The molecule has 76 valence electrons. The van der Waals surface area contributed by atoms with Gasteiger partial charge in [0.2, 0.25) is 0 Å². The maximum Gasteiger partial charge on any atom is 0.320 e. The Bertz CT molecular complexity index is 315. The maximum absolute atomic E-state index is 11.1. The molecule has 1 aromatic heterocycles. The largest absolute Gasteiger partial charge is 0.395 e. The van der Waals surface area contributed by atoms with Crippen LogP contribution in [-0.2, 0) is 0 Å². The highest BCUT2D eigenvalue weighted by atomic mass is 16.3. The molecule has 0 aromatic carbocycles. The lowest BCUT2D eigenvalue weighted by atomic mass is 10.3. The van der Waals surface area contributed by atoms with Crippen LogP contribution in [0.1, 0.15) is 5.56 Å². The maximum atomic E-state index is 11.1. The highest BCUT2D eigenvalue weighted by Gasteiger charge is 2.00. The Morgan fingerprint density at radius 1 is 1.64 bits per heavy atom. The third-order valence-corrected chi connectivity index (χ3v) is 1.55. The zero-order valence-corrected chi connectivity index (χ0v) is 7.95. The zero-order chi connectivity index (χ0) is 10.4. The molecule has 0 radical (unpaired) electrons. The SMILES string of the molecule is Cc1ccnc(NC(=O)NCCO)c1. The number of hydrogen-bond donors (Lipinski definition) is 3. The molecule has 0 aliphatic heterocycles. The first-order valence-electron chi connectivity index (χ1n) is 4.31. The van der Waals surface area contributed by atoms with E-state index in [4.69, 9.17) is 5.11 Å². The van der Waals surface area contributed by atoms with Gasteiger partial charge in [0.15, 0.2) is 0 Å². The van der Waals surface area contributed by atoms with Gasteiger partial charge >= 0.3 is 6.03 Å². The number of pyridine rings is 1. The summed E-state index contributed by atoms with van der Waals surface area (Å²) < 4.78 is 0. The molecule has 0 aliphatic carbocycles. The van der Waals surface area contributed by atoms with Crippen LogP contribution >= 0.6 is 0 Å². The second-order valence-corrected chi connectivity index (χ2v) is 2.82. The number of carbonyl (C=O) groups excluding carboxylic acids is 1. The predicted octanol–water partition coefficient (Wildman–Crippen LogP) is 0.504. The van der Waals surface area contributed by atoms with E-state index in [2.05, 4.69) is 15.6 Å². The van der Waals surface area contributed by atoms with E-state index in [1.165, 1.54) is 0 Å². The van der Waals surface area contributed by atoms with Crippen LogP contribution in [0.3, 0.4) is 0 Å². The summed E-state index contributed by atoms with van der Waals surface area (Å²) in [5.74, 6) is 0.500. The van der Waals surface area contributed by atoms with Crippen molar-refractivity contribution in [1.82, 2.24) is 10.3 Å². The molecule has 1 rings (SSSR count). The lowest BCUT2D eigenvalue weighted by Gasteiger charge is -2.05. The minimum absolute atomic E-state index is 0.0747.